The molecule has 2 fully saturated rings. The van der Waals surface area contributed by atoms with Gasteiger partial charge in [-0.1, -0.05) is 48.0 Å². The number of anilines is 1. The number of carbonyl (C=O) groups excluding carboxylic acids is 2. The van der Waals surface area contributed by atoms with Gasteiger partial charge in [-0.05, 0) is 88.4 Å². The maximum absolute atomic E-state index is 15.6. The molecule has 264 valence electrons. The number of carbonyl (C=O) groups is 2. The molecule has 49 heavy (non-hydrogen) atoms. The van der Waals surface area contributed by atoms with Gasteiger partial charge in [-0.25, -0.2) is 17.6 Å². The second-order valence-corrected chi connectivity index (χ2v) is 15.3. The molecule has 13 heteroatoms. The predicted molar refractivity (Wildman–Crippen MR) is 187 cm³/mol. The third kappa shape index (κ3) is 8.10. The van der Waals surface area contributed by atoms with E-state index in [-0.39, 0.29) is 47.2 Å². The third-order valence-corrected chi connectivity index (χ3v) is 11.8. The maximum Gasteiger partial charge on any atom is 0.407 e. The molecule has 5 unspecified atom stereocenters. The lowest BCUT2D eigenvalue weighted by atomic mass is 9.65. The standard InChI is InChI=1S/C36H44ClFN4O6S/c1-23-21-39-22-28(42(23)49(45,46)29-9-6-5-7-10-29)17-18-30-31(38)11-8-12-32(30)40-34(43)33(41-35(44)47-4)36(19-24(2)48-25(3)20-36)26-13-15-27(37)16-14-26/h5-16,23-25,28,33,39H,17-22H2,1-4H3,(H,40,43)(H,41,44). The van der Waals surface area contributed by atoms with E-state index in [1.54, 1.807) is 48.5 Å². The van der Waals surface area contributed by atoms with Crippen LogP contribution in [0.15, 0.2) is 77.7 Å². The Morgan fingerprint density at radius 1 is 1.02 bits per heavy atom. The third-order valence-electron chi connectivity index (χ3n) is 9.49. The summed E-state index contributed by atoms with van der Waals surface area (Å²) >= 11 is 6.23. The largest absolute Gasteiger partial charge is 0.453 e. The van der Waals surface area contributed by atoms with Crippen molar-refractivity contribution in [1.82, 2.24) is 14.9 Å². The fourth-order valence-electron chi connectivity index (χ4n) is 7.47. The van der Waals surface area contributed by atoms with Crippen LogP contribution in [0.25, 0.3) is 0 Å². The fourth-order valence-corrected chi connectivity index (χ4v) is 9.47. The number of hydrogen-bond donors (Lipinski definition) is 3. The van der Waals surface area contributed by atoms with Crippen molar-refractivity contribution in [3.8, 4) is 0 Å². The highest BCUT2D eigenvalue weighted by Crippen LogP contribution is 2.43. The predicted octanol–water partition coefficient (Wildman–Crippen LogP) is 5.65. The van der Waals surface area contributed by atoms with E-state index >= 15 is 4.39 Å². The molecule has 0 bridgehead atoms. The number of sulfonamides is 1. The first-order valence-electron chi connectivity index (χ1n) is 16.5. The minimum absolute atomic E-state index is 0.140. The number of methoxy groups -OCH3 is 1. The zero-order valence-corrected chi connectivity index (χ0v) is 29.7. The molecule has 0 saturated carbocycles. The topological polar surface area (TPSA) is 126 Å². The number of alkyl carbamates (subject to hydrolysis) is 1. The first-order chi connectivity index (χ1) is 23.4. The van der Waals surface area contributed by atoms with Gasteiger partial charge >= 0.3 is 6.09 Å². The molecule has 0 aliphatic carbocycles. The molecule has 2 aliphatic rings. The van der Waals surface area contributed by atoms with Gasteiger partial charge in [-0.2, -0.15) is 4.31 Å². The van der Waals surface area contributed by atoms with E-state index in [9.17, 15) is 18.0 Å². The number of halogens is 2. The molecule has 2 heterocycles. The van der Waals surface area contributed by atoms with Gasteiger partial charge in [0.15, 0.2) is 0 Å². The van der Waals surface area contributed by atoms with E-state index in [1.807, 2.05) is 32.9 Å². The van der Waals surface area contributed by atoms with Crippen LogP contribution in [0.5, 0.6) is 0 Å². The molecule has 3 aromatic rings. The van der Waals surface area contributed by atoms with E-state index in [1.165, 1.54) is 23.5 Å². The Bertz CT molecular complexity index is 1720. The van der Waals surface area contributed by atoms with E-state index in [0.717, 1.165) is 5.56 Å². The van der Waals surface area contributed by atoms with Crippen LogP contribution in [-0.4, -0.2) is 75.3 Å². The van der Waals surface area contributed by atoms with Crippen molar-refractivity contribution < 1.29 is 31.9 Å². The quantitative estimate of drug-likeness (QED) is 0.248. The number of ether oxygens (including phenoxy) is 2. The minimum atomic E-state index is -3.83. The number of nitrogens with one attached hydrogen (secondary N) is 3. The van der Waals surface area contributed by atoms with Crippen molar-refractivity contribution in [3.05, 3.63) is 94.8 Å². The summed E-state index contributed by atoms with van der Waals surface area (Å²) < 4.78 is 55.6. The smallest absolute Gasteiger partial charge is 0.407 e. The molecule has 5 atom stereocenters. The van der Waals surface area contributed by atoms with E-state index in [2.05, 4.69) is 16.0 Å². The van der Waals surface area contributed by atoms with Crippen LogP contribution in [-0.2, 0) is 36.1 Å². The summed E-state index contributed by atoms with van der Waals surface area (Å²) in [5.41, 5.74) is 0.324. The van der Waals surface area contributed by atoms with Crippen molar-refractivity contribution in [3.63, 3.8) is 0 Å². The molecule has 0 aromatic heterocycles. The van der Waals surface area contributed by atoms with Crippen LogP contribution in [0.4, 0.5) is 14.9 Å². The molecule has 3 aromatic carbocycles. The first kappa shape index (κ1) is 36.7. The van der Waals surface area contributed by atoms with Gasteiger partial charge in [-0.15, -0.1) is 0 Å². The molecule has 2 amide bonds. The van der Waals surface area contributed by atoms with Crippen molar-refractivity contribution >= 4 is 39.3 Å². The summed E-state index contributed by atoms with van der Waals surface area (Å²) in [6.07, 6.45) is -0.0651. The summed E-state index contributed by atoms with van der Waals surface area (Å²) in [6, 6.07) is 17.9. The summed E-state index contributed by atoms with van der Waals surface area (Å²) in [6.45, 7) is 6.55. The van der Waals surface area contributed by atoms with E-state index in [0.29, 0.717) is 31.0 Å². The minimum Gasteiger partial charge on any atom is -0.453 e. The number of nitrogens with zero attached hydrogens (tertiary/aromatic N) is 1. The summed E-state index contributed by atoms with van der Waals surface area (Å²) in [7, 11) is -2.60. The molecule has 5 rings (SSSR count). The van der Waals surface area contributed by atoms with Crippen molar-refractivity contribution in [2.45, 2.75) is 87.1 Å². The van der Waals surface area contributed by atoms with Crippen LogP contribution in [0.2, 0.25) is 5.02 Å². The molecule has 10 nitrogen and oxygen atoms in total. The van der Waals surface area contributed by atoms with Gasteiger partial charge in [0.1, 0.15) is 11.9 Å². The molecule has 0 spiro atoms. The Hall–Kier alpha value is -3.55. The molecular weight excluding hydrogens is 671 g/mol. The van der Waals surface area contributed by atoms with Gasteiger partial charge < -0.3 is 25.4 Å². The lowest BCUT2D eigenvalue weighted by Gasteiger charge is -2.47. The van der Waals surface area contributed by atoms with E-state index in [4.69, 9.17) is 21.1 Å². The number of rotatable bonds is 10. The highest BCUT2D eigenvalue weighted by molar-refractivity contribution is 7.89. The monoisotopic (exact) mass is 714 g/mol. The number of benzene rings is 3. The Kier molecular flexibility index (Phi) is 11.7. The lowest BCUT2D eigenvalue weighted by molar-refractivity contribution is -0.124. The second-order valence-electron chi connectivity index (χ2n) is 13.0. The molecular formula is C36H44ClFN4O6S. The first-order valence-corrected chi connectivity index (χ1v) is 18.3. The van der Waals surface area contributed by atoms with Crippen molar-refractivity contribution in [2.75, 3.05) is 25.5 Å². The van der Waals surface area contributed by atoms with E-state index < -0.39 is 45.3 Å². The second kappa shape index (κ2) is 15.6. The Balaban J connectivity index is 1.46. The van der Waals surface area contributed by atoms with Gasteiger partial charge in [0, 0.05) is 46.9 Å². The van der Waals surface area contributed by atoms with Gasteiger partial charge in [0.2, 0.25) is 15.9 Å². The summed E-state index contributed by atoms with van der Waals surface area (Å²) in [4.78, 5) is 27.4. The number of piperazine rings is 1. The average Bonchev–Trinajstić information content (AvgIpc) is 3.06. The van der Waals surface area contributed by atoms with Gasteiger partial charge in [0.05, 0.1) is 24.2 Å². The highest BCUT2D eigenvalue weighted by Gasteiger charge is 2.50. The lowest BCUT2D eigenvalue weighted by Crippen LogP contribution is -2.60. The van der Waals surface area contributed by atoms with Crippen molar-refractivity contribution in [1.29, 1.82) is 0 Å². The maximum atomic E-state index is 15.6. The van der Waals surface area contributed by atoms with Gasteiger partial charge in [0.25, 0.3) is 0 Å². The molecule has 0 radical (unpaired) electrons. The zero-order chi connectivity index (χ0) is 35.3. The van der Waals surface area contributed by atoms with Gasteiger partial charge in [-0.3, -0.25) is 4.79 Å². The van der Waals surface area contributed by atoms with Crippen LogP contribution >= 0.6 is 11.6 Å². The Labute approximate surface area is 292 Å². The zero-order valence-electron chi connectivity index (χ0n) is 28.1. The summed E-state index contributed by atoms with van der Waals surface area (Å²) in [5.74, 6) is -1.10. The average molecular weight is 715 g/mol. The fraction of sp³-hybridized carbons (Fsp3) is 0.444. The Morgan fingerprint density at radius 3 is 2.35 bits per heavy atom. The van der Waals surface area contributed by atoms with Crippen molar-refractivity contribution in [2.24, 2.45) is 0 Å². The normalized spacial score (nSPS) is 25.3. The number of amides is 2. The Morgan fingerprint density at radius 2 is 1.69 bits per heavy atom. The molecule has 2 aliphatic heterocycles. The highest BCUT2D eigenvalue weighted by atomic mass is 35.5. The van der Waals surface area contributed by atoms with Crippen LogP contribution in [0.1, 0.15) is 51.2 Å². The van der Waals surface area contributed by atoms with Crippen LogP contribution in [0.3, 0.4) is 0 Å². The molecule has 2 saturated heterocycles. The SMILES string of the molecule is COC(=O)NC(C(=O)Nc1cccc(F)c1CCC1CNCC(C)N1S(=O)(=O)c1ccccc1)C1(c2ccc(Cl)cc2)CC(C)OC(C)C1. The number of hydrogen-bond acceptors (Lipinski definition) is 7. The summed E-state index contributed by atoms with van der Waals surface area (Å²) in [5, 5.41) is 9.51. The van der Waals surface area contributed by atoms with Crippen LogP contribution in [0, 0.1) is 5.82 Å². The van der Waals surface area contributed by atoms with Crippen LogP contribution < -0.4 is 16.0 Å². The molecule has 3 N–H and O–H groups in total.